The van der Waals surface area contributed by atoms with Gasteiger partial charge in [0.1, 0.15) is 11.8 Å². The zero-order valence-electron chi connectivity index (χ0n) is 21.6. The van der Waals surface area contributed by atoms with E-state index in [2.05, 4.69) is 62.9 Å². The molecule has 0 N–H and O–H groups in total. The van der Waals surface area contributed by atoms with Crippen molar-refractivity contribution in [1.82, 2.24) is 9.80 Å². The van der Waals surface area contributed by atoms with Crippen molar-refractivity contribution in [2.24, 2.45) is 17.3 Å². The molecule has 0 radical (unpaired) electrons. The van der Waals surface area contributed by atoms with E-state index in [1.165, 1.54) is 5.56 Å². The predicted octanol–water partition coefficient (Wildman–Crippen LogP) is 5.14. The summed E-state index contributed by atoms with van der Waals surface area (Å²) in [6, 6.07) is 14.7. The third kappa shape index (κ3) is 4.80. The smallest absolute Gasteiger partial charge is 0.137 e. The Balaban J connectivity index is 1.48. The van der Waals surface area contributed by atoms with Crippen molar-refractivity contribution in [2.45, 2.75) is 65.5 Å². The Bertz CT molecular complexity index is 1070. The van der Waals surface area contributed by atoms with Crippen molar-refractivity contribution in [3.63, 3.8) is 0 Å². The highest BCUT2D eigenvalue weighted by molar-refractivity contribution is 5.68. The highest BCUT2D eigenvalue weighted by atomic mass is 16.5. The average molecular weight is 476 g/mol. The molecule has 2 atom stereocenters. The molecule has 3 saturated heterocycles. The second kappa shape index (κ2) is 9.50. The molecule has 0 unspecified atom stereocenters. The molecule has 0 aromatic heterocycles. The lowest BCUT2D eigenvalue weighted by atomic mass is 9.68. The summed E-state index contributed by atoms with van der Waals surface area (Å²) < 4.78 is 5.95. The number of ether oxygens (including phenoxy) is 1. The maximum absolute atomic E-state index is 12.7. The lowest BCUT2D eigenvalue weighted by molar-refractivity contribution is -0.277. The number of benzene rings is 2. The van der Waals surface area contributed by atoms with Crippen LogP contribution in [0.25, 0.3) is 11.1 Å². The van der Waals surface area contributed by atoms with Crippen LogP contribution in [0.3, 0.4) is 0 Å². The Morgan fingerprint density at radius 2 is 1.89 bits per heavy atom. The number of aryl methyl sites for hydroxylation is 1. The SMILES string of the molecule is CC(C)COc1cccc(-c2ccc3c(c2)CCC(C)(C)[C@H]3N(C(=O)[O-])[C@@H]2CN3CCC2CC3)c1. The third-order valence-corrected chi connectivity index (χ3v) is 8.44. The zero-order valence-corrected chi connectivity index (χ0v) is 21.6. The summed E-state index contributed by atoms with van der Waals surface area (Å²) in [4.78, 5) is 16.9. The van der Waals surface area contributed by atoms with E-state index in [4.69, 9.17) is 4.74 Å². The normalized spacial score (nSPS) is 26.9. The van der Waals surface area contributed by atoms with Gasteiger partial charge in [-0.3, -0.25) is 0 Å². The van der Waals surface area contributed by atoms with Gasteiger partial charge in [-0.25, -0.2) is 0 Å². The number of nitrogens with zero attached hydrogens (tertiary/aromatic N) is 2. The summed E-state index contributed by atoms with van der Waals surface area (Å²) in [5.74, 6) is 1.80. The number of carbonyl (C=O) groups is 1. The molecule has 5 nitrogen and oxygen atoms in total. The lowest BCUT2D eigenvalue weighted by Gasteiger charge is -2.56. The summed E-state index contributed by atoms with van der Waals surface area (Å²) in [6.45, 7) is 12.5. The first-order valence-corrected chi connectivity index (χ1v) is 13.3. The molecule has 3 aliphatic heterocycles. The topological polar surface area (TPSA) is 55.8 Å². The van der Waals surface area contributed by atoms with Gasteiger partial charge in [-0.15, -0.1) is 0 Å². The van der Waals surface area contributed by atoms with Gasteiger partial charge < -0.3 is 24.4 Å². The Morgan fingerprint density at radius 3 is 2.54 bits per heavy atom. The molecule has 3 heterocycles. The van der Waals surface area contributed by atoms with E-state index in [-0.39, 0.29) is 17.5 Å². The fourth-order valence-corrected chi connectivity index (χ4v) is 6.52. The predicted molar refractivity (Wildman–Crippen MR) is 137 cm³/mol. The van der Waals surface area contributed by atoms with Crippen LogP contribution in [0, 0.1) is 17.3 Å². The monoisotopic (exact) mass is 475 g/mol. The van der Waals surface area contributed by atoms with Crippen molar-refractivity contribution < 1.29 is 14.6 Å². The second-order valence-corrected chi connectivity index (χ2v) is 11.9. The van der Waals surface area contributed by atoms with Crippen molar-refractivity contribution in [3.8, 4) is 16.9 Å². The van der Waals surface area contributed by atoms with E-state index in [9.17, 15) is 9.90 Å². The number of carbonyl (C=O) groups excluding carboxylic acids is 1. The van der Waals surface area contributed by atoms with Crippen LogP contribution in [0.1, 0.15) is 64.1 Å². The molecule has 1 amide bonds. The van der Waals surface area contributed by atoms with Gasteiger partial charge in [0, 0.05) is 12.6 Å². The van der Waals surface area contributed by atoms with Crippen LogP contribution in [0.5, 0.6) is 5.75 Å². The minimum absolute atomic E-state index is 0.0205. The zero-order chi connectivity index (χ0) is 24.7. The molecule has 0 saturated carbocycles. The first kappa shape index (κ1) is 24.2. The Morgan fingerprint density at radius 1 is 1.14 bits per heavy atom. The molecule has 4 aliphatic rings. The van der Waals surface area contributed by atoms with E-state index in [0.717, 1.165) is 67.8 Å². The van der Waals surface area contributed by atoms with Crippen LogP contribution in [0.4, 0.5) is 4.79 Å². The molecule has 2 aromatic rings. The first-order valence-electron chi connectivity index (χ1n) is 13.3. The summed E-state index contributed by atoms with van der Waals surface area (Å²) in [5.41, 5.74) is 4.54. The molecule has 188 valence electrons. The van der Waals surface area contributed by atoms with Gasteiger partial charge in [0.05, 0.1) is 12.6 Å². The van der Waals surface area contributed by atoms with Gasteiger partial charge in [-0.2, -0.15) is 0 Å². The number of fused-ring (bicyclic) bond motifs is 4. The molecular weight excluding hydrogens is 436 g/mol. The largest absolute Gasteiger partial charge is 0.530 e. The number of hydrogen-bond acceptors (Lipinski definition) is 4. The van der Waals surface area contributed by atoms with E-state index in [0.29, 0.717) is 18.4 Å². The van der Waals surface area contributed by atoms with Gasteiger partial charge in [-0.05, 0) is 90.4 Å². The molecule has 5 heteroatoms. The van der Waals surface area contributed by atoms with E-state index >= 15 is 0 Å². The van der Waals surface area contributed by atoms with Crippen LogP contribution in [0.15, 0.2) is 42.5 Å². The fourth-order valence-electron chi connectivity index (χ4n) is 6.52. The molecule has 2 aromatic carbocycles. The molecule has 35 heavy (non-hydrogen) atoms. The maximum atomic E-state index is 12.7. The van der Waals surface area contributed by atoms with Crippen molar-refractivity contribution in [1.29, 1.82) is 0 Å². The minimum Gasteiger partial charge on any atom is -0.530 e. The quantitative estimate of drug-likeness (QED) is 0.580. The van der Waals surface area contributed by atoms with Crippen molar-refractivity contribution >= 4 is 6.09 Å². The molecule has 0 spiro atoms. The molecule has 2 bridgehead atoms. The second-order valence-electron chi connectivity index (χ2n) is 11.9. The fraction of sp³-hybridized carbons (Fsp3) is 0.567. The number of rotatable bonds is 6. The van der Waals surface area contributed by atoms with Gasteiger partial charge in [0.25, 0.3) is 0 Å². The van der Waals surface area contributed by atoms with Crippen LogP contribution < -0.4 is 9.84 Å². The van der Waals surface area contributed by atoms with E-state index < -0.39 is 6.09 Å². The van der Waals surface area contributed by atoms with Gasteiger partial charge >= 0.3 is 0 Å². The number of piperidine rings is 3. The van der Waals surface area contributed by atoms with E-state index in [1.807, 2.05) is 12.1 Å². The average Bonchev–Trinajstić information content (AvgIpc) is 2.85. The highest BCUT2D eigenvalue weighted by Crippen LogP contribution is 2.50. The van der Waals surface area contributed by atoms with Gasteiger partial charge in [-0.1, -0.05) is 58.0 Å². The maximum Gasteiger partial charge on any atom is 0.137 e. The van der Waals surface area contributed by atoms with Crippen LogP contribution in [0.2, 0.25) is 0 Å². The highest BCUT2D eigenvalue weighted by Gasteiger charge is 2.46. The molecule has 3 fully saturated rings. The standard InChI is InChI=1S/C30H40N2O3/c1-20(2)19-35-25-7-5-6-22(17-25)23-8-9-26-24(16-23)10-13-30(3,4)28(26)32(29(33)34)27-18-31-14-11-21(27)12-15-31/h5-9,16-17,20-21,27-28H,10-15,18-19H2,1-4H3,(H,33,34)/p-1/t27-,28+/m1/s1. The van der Waals surface area contributed by atoms with Crippen LogP contribution >= 0.6 is 0 Å². The van der Waals surface area contributed by atoms with Crippen LogP contribution in [-0.2, 0) is 6.42 Å². The Labute approximate surface area is 210 Å². The minimum atomic E-state index is -1.02. The number of carboxylic acid groups (broad SMARTS) is 1. The summed E-state index contributed by atoms with van der Waals surface area (Å²) in [7, 11) is 0. The van der Waals surface area contributed by atoms with Gasteiger partial charge in [0.15, 0.2) is 0 Å². The molecule has 6 rings (SSSR count). The summed E-state index contributed by atoms with van der Waals surface area (Å²) >= 11 is 0. The lowest BCUT2D eigenvalue weighted by Crippen LogP contribution is -2.63. The Hall–Kier alpha value is -2.53. The first-order chi connectivity index (χ1) is 16.7. The number of amides is 1. The number of hydrogen-bond donors (Lipinski definition) is 0. The summed E-state index contributed by atoms with van der Waals surface area (Å²) in [6.07, 6.45) is 3.06. The van der Waals surface area contributed by atoms with Crippen molar-refractivity contribution in [2.75, 3.05) is 26.2 Å². The van der Waals surface area contributed by atoms with Gasteiger partial charge in [0.2, 0.25) is 0 Å². The summed E-state index contributed by atoms with van der Waals surface area (Å²) in [5, 5.41) is 12.7. The molecule has 1 aliphatic carbocycles. The third-order valence-electron chi connectivity index (χ3n) is 8.44. The Kier molecular flexibility index (Phi) is 6.56. The van der Waals surface area contributed by atoms with Crippen molar-refractivity contribution in [3.05, 3.63) is 53.6 Å². The molecular formula is C30H39N2O3-. The van der Waals surface area contributed by atoms with Crippen LogP contribution in [-0.4, -0.2) is 48.2 Å². The van der Waals surface area contributed by atoms with E-state index in [1.54, 1.807) is 4.90 Å².